The highest BCUT2D eigenvalue weighted by molar-refractivity contribution is 7.13. The molecule has 1 saturated heterocycles. The van der Waals surface area contributed by atoms with Crippen LogP contribution < -0.4 is 5.32 Å². The number of aryl methyl sites for hydroxylation is 3. The molecule has 5 rings (SSSR count). The Morgan fingerprint density at radius 2 is 2.00 bits per heavy atom. The molecule has 0 aromatic carbocycles. The van der Waals surface area contributed by atoms with Crippen molar-refractivity contribution in [1.29, 1.82) is 0 Å². The largest absolute Gasteiger partial charge is 0.331 e. The van der Waals surface area contributed by atoms with Crippen molar-refractivity contribution in [2.24, 2.45) is 0 Å². The van der Waals surface area contributed by atoms with Crippen LogP contribution in [0.3, 0.4) is 0 Å². The van der Waals surface area contributed by atoms with Gasteiger partial charge in [-0.3, -0.25) is 14.9 Å². The minimum atomic E-state index is -0.0240. The lowest BCUT2D eigenvalue weighted by molar-refractivity contribution is 0.0725. The van der Waals surface area contributed by atoms with Gasteiger partial charge < -0.3 is 10.2 Å². The van der Waals surface area contributed by atoms with Gasteiger partial charge in [0.15, 0.2) is 10.8 Å². The summed E-state index contributed by atoms with van der Waals surface area (Å²) in [6, 6.07) is 4.06. The number of carbonyl (C=O) groups is 1. The van der Waals surface area contributed by atoms with Crippen LogP contribution in [-0.4, -0.2) is 37.5 Å². The van der Waals surface area contributed by atoms with Crippen molar-refractivity contribution >= 4 is 28.1 Å². The molecule has 1 aliphatic heterocycles. The zero-order valence-corrected chi connectivity index (χ0v) is 18.9. The molecule has 1 atom stereocenters. The first-order chi connectivity index (χ1) is 15.1. The van der Waals surface area contributed by atoms with Gasteiger partial charge >= 0.3 is 0 Å². The molecule has 1 amide bonds. The minimum Gasteiger partial charge on any atom is -0.331 e. The molecule has 0 saturated carbocycles. The van der Waals surface area contributed by atoms with Crippen molar-refractivity contribution in [1.82, 2.24) is 25.1 Å². The number of likely N-dealkylation sites (tertiary alicyclic amines) is 1. The van der Waals surface area contributed by atoms with Crippen LogP contribution in [0.5, 0.6) is 0 Å². The summed E-state index contributed by atoms with van der Waals surface area (Å²) in [5, 5.41) is 13.9. The highest BCUT2D eigenvalue weighted by Crippen LogP contribution is 2.35. The molecular formula is C23H28N6OS. The molecule has 7 nitrogen and oxygen atoms in total. The molecule has 0 spiro atoms. The van der Waals surface area contributed by atoms with E-state index in [-0.39, 0.29) is 11.9 Å². The van der Waals surface area contributed by atoms with Crippen molar-refractivity contribution in [2.75, 3.05) is 11.9 Å². The average molecular weight is 437 g/mol. The van der Waals surface area contributed by atoms with Crippen molar-refractivity contribution in [3.8, 4) is 0 Å². The lowest BCUT2D eigenvalue weighted by Crippen LogP contribution is -2.32. The number of hydrogen-bond acceptors (Lipinski definition) is 6. The number of rotatable bonds is 4. The number of anilines is 2. The number of carbonyl (C=O) groups excluding carboxylic acids is 1. The van der Waals surface area contributed by atoms with Crippen LogP contribution >= 0.6 is 11.3 Å². The van der Waals surface area contributed by atoms with Crippen LogP contribution in [0.25, 0.3) is 0 Å². The van der Waals surface area contributed by atoms with Crippen LogP contribution in [0, 0.1) is 13.8 Å². The normalized spacial score (nSPS) is 18.6. The second kappa shape index (κ2) is 8.42. The number of aromatic nitrogens is 4. The molecule has 4 heterocycles. The van der Waals surface area contributed by atoms with Crippen molar-refractivity contribution in [3.63, 3.8) is 0 Å². The molecule has 0 unspecified atom stereocenters. The summed E-state index contributed by atoms with van der Waals surface area (Å²) >= 11 is 1.59. The molecule has 3 aromatic heterocycles. The highest BCUT2D eigenvalue weighted by Gasteiger charge is 2.34. The predicted molar refractivity (Wildman–Crippen MR) is 122 cm³/mol. The van der Waals surface area contributed by atoms with Gasteiger partial charge in [0, 0.05) is 34.6 Å². The third-order valence-corrected chi connectivity index (χ3v) is 7.08. The van der Waals surface area contributed by atoms with Crippen LogP contribution in [0.2, 0.25) is 0 Å². The maximum absolute atomic E-state index is 13.5. The summed E-state index contributed by atoms with van der Waals surface area (Å²) in [4.78, 5) is 24.8. The summed E-state index contributed by atoms with van der Waals surface area (Å²) in [7, 11) is 0. The lowest BCUT2D eigenvalue weighted by Gasteiger charge is -2.25. The van der Waals surface area contributed by atoms with E-state index < -0.39 is 0 Å². The first-order valence-electron chi connectivity index (χ1n) is 11.1. The maximum atomic E-state index is 13.5. The van der Waals surface area contributed by atoms with E-state index in [4.69, 9.17) is 4.98 Å². The first-order valence-corrected chi connectivity index (χ1v) is 12.0. The van der Waals surface area contributed by atoms with Crippen molar-refractivity contribution in [3.05, 3.63) is 51.5 Å². The van der Waals surface area contributed by atoms with Gasteiger partial charge in [0.05, 0.1) is 17.4 Å². The molecule has 2 aliphatic rings. The summed E-state index contributed by atoms with van der Waals surface area (Å²) < 4.78 is 0. The minimum absolute atomic E-state index is 0.0240. The number of nitrogens with one attached hydrogen (secondary N) is 2. The number of fused-ring (bicyclic) bond motifs is 1. The van der Waals surface area contributed by atoms with Gasteiger partial charge in [0.2, 0.25) is 0 Å². The smallest absolute Gasteiger partial charge is 0.275 e. The first kappa shape index (κ1) is 20.2. The van der Waals surface area contributed by atoms with E-state index in [1.54, 1.807) is 11.3 Å². The van der Waals surface area contributed by atoms with Crippen LogP contribution in [0.4, 0.5) is 10.8 Å². The van der Waals surface area contributed by atoms with Gasteiger partial charge in [-0.1, -0.05) is 6.42 Å². The summed E-state index contributed by atoms with van der Waals surface area (Å²) in [6.07, 6.45) is 7.33. The number of nitrogens with zero attached hydrogens (tertiary/aromatic N) is 4. The lowest BCUT2D eigenvalue weighted by atomic mass is 10.1. The van der Waals surface area contributed by atoms with Crippen LogP contribution in [0.1, 0.15) is 77.0 Å². The average Bonchev–Trinajstić information content (AvgIpc) is 3.44. The highest BCUT2D eigenvalue weighted by atomic mass is 32.1. The predicted octanol–water partition coefficient (Wildman–Crippen LogP) is 4.87. The van der Waals surface area contributed by atoms with Crippen LogP contribution in [0.15, 0.2) is 17.5 Å². The molecule has 162 valence electrons. The Hall–Kier alpha value is -2.74. The molecule has 3 aromatic rings. The number of hydrogen-bond donors (Lipinski definition) is 2. The van der Waals surface area contributed by atoms with Crippen molar-refractivity contribution in [2.45, 2.75) is 64.8 Å². The van der Waals surface area contributed by atoms with Gasteiger partial charge in [0.1, 0.15) is 0 Å². The Kier molecular flexibility index (Phi) is 5.48. The number of H-pyrrole nitrogens is 1. The summed E-state index contributed by atoms with van der Waals surface area (Å²) in [5.41, 5.74) is 6.73. The second-order valence-corrected chi connectivity index (χ2v) is 9.45. The van der Waals surface area contributed by atoms with Crippen molar-refractivity contribution < 1.29 is 4.79 Å². The Morgan fingerprint density at radius 1 is 1.13 bits per heavy atom. The van der Waals surface area contributed by atoms with E-state index in [1.807, 2.05) is 30.2 Å². The Morgan fingerprint density at radius 3 is 2.84 bits per heavy atom. The number of pyridine rings is 1. The Bertz CT molecular complexity index is 1100. The number of amides is 1. The standard InChI is InChI=1S/C23H28N6OS/c1-14-11-16(26-23-25-15(2)13-31-23)12-19(24-14)20-9-6-10-29(20)22(30)21-17-7-4-3-5-8-18(17)27-28-21/h11-13,20H,3-10H2,1-2H3,(H,27,28)(H,24,25,26)/t20-/m1/s1. The van der Waals surface area contributed by atoms with Crippen LogP contribution in [-0.2, 0) is 12.8 Å². The monoisotopic (exact) mass is 436 g/mol. The maximum Gasteiger partial charge on any atom is 0.275 e. The van der Waals surface area contributed by atoms with E-state index in [1.165, 1.54) is 6.42 Å². The Balaban J connectivity index is 1.41. The molecule has 31 heavy (non-hydrogen) atoms. The molecule has 0 radical (unpaired) electrons. The van der Waals surface area contributed by atoms with Gasteiger partial charge in [-0.25, -0.2) is 4.98 Å². The Labute approximate surface area is 186 Å². The fraction of sp³-hybridized carbons (Fsp3) is 0.478. The SMILES string of the molecule is Cc1cc(Nc2nc(C)cs2)cc([C@H]2CCCN2C(=O)c2n[nH]c3c2CCCCC3)n1. The topological polar surface area (TPSA) is 86.8 Å². The molecule has 0 bridgehead atoms. The summed E-state index contributed by atoms with van der Waals surface area (Å²) in [5.74, 6) is 0.0373. The molecule has 1 fully saturated rings. The quantitative estimate of drug-likeness (QED) is 0.570. The molecule has 2 N–H and O–H groups in total. The van der Waals surface area contributed by atoms with Gasteiger partial charge in [0.25, 0.3) is 5.91 Å². The van der Waals surface area contributed by atoms with Gasteiger partial charge in [-0.15, -0.1) is 11.3 Å². The van der Waals surface area contributed by atoms with E-state index in [0.717, 1.165) is 84.2 Å². The van der Waals surface area contributed by atoms with Gasteiger partial charge in [-0.05, 0) is 64.5 Å². The second-order valence-electron chi connectivity index (χ2n) is 8.59. The summed E-state index contributed by atoms with van der Waals surface area (Å²) in [6.45, 7) is 4.73. The van der Waals surface area contributed by atoms with Gasteiger partial charge in [-0.2, -0.15) is 5.10 Å². The zero-order chi connectivity index (χ0) is 21.4. The zero-order valence-electron chi connectivity index (χ0n) is 18.1. The molecule has 1 aliphatic carbocycles. The van der Waals surface area contributed by atoms with E-state index >= 15 is 0 Å². The van der Waals surface area contributed by atoms with E-state index in [9.17, 15) is 4.79 Å². The fourth-order valence-electron chi connectivity index (χ4n) is 4.76. The third-order valence-electron chi connectivity index (χ3n) is 6.21. The van der Waals surface area contributed by atoms with E-state index in [0.29, 0.717) is 5.69 Å². The number of thiazole rings is 1. The third kappa shape index (κ3) is 4.08. The molecular weight excluding hydrogens is 408 g/mol. The number of aromatic amines is 1. The van der Waals surface area contributed by atoms with E-state index in [2.05, 4.69) is 26.6 Å². The fourth-order valence-corrected chi connectivity index (χ4v) is 5.47. The molecule has 8 heteroatoms.